The van der Waals surface area contributed by atoms with Gasteiger partial charge >= 0.3 is 12.0 Å². The van der Waals surface area contributed by atoms with Crippen LogP contribution in [-0.2, 0) is 4.79 Å². The Hall–Kier alpha value is -1.76. The van der Waals surface area contributed by atoms with Crippen LogP contribution in [-0.4, -0.2) is 30.3 Å². The number of nitrogens with one attached hydrogen (secondary N) is 2. The molecule has 0 aliphatic rings. The van der Waals surface area contributed by atoms with E-state index in [0.29, 0.717) is 11.4 Å². The van der Waals surface area contributed by atoms with Crippen molar-refractivity contribution in [2.24, 2.45) is 5.92 Å². The second-order valence-corrected chi connectivity index (χ2v) is 5.42. The van der Waals surface area contributed by atoms with Crippen LogP contribution in [0, 0.1) is 5.92 Å². The summed E-state index contributed by atoms with van der Waals surface area (Å²) in [5.41, 5.74) is 0.451. The summed E-state index contributed by atoms with van der Waals surface area (Å²) in [6.45, 7) is 3.44. The molecule has 0 saturated carbocycles. The van der Waals surface area contributed by atoms with Crippen LogP contribution in [0.4, 0.5) is 10.5 Å². The molecule has 1 rings (SSSR count). The molecule has 0 aliphatic heterocycles. The first kappa shape index (κ1) is 16.3. The van der Waals surface area contributed by atoms with Crippen molar-refractivity contribution < 1.29 is 19.4 Å². The number of amides is 2. The number of carbonyl (C=O) groups is 2. The van der Waals surface area contributed by atoms with Crippen LogP contribution < -0.4 is 15.4 Å². The summed E-state index contributed by atoms with van der Waals surface area (Å²) in [6.07, 6.45) is 0. The number of carboxylic acids is 1. The molecule has 0 aliphatic carbocycles. The average Bonchev–Trinajstić information content (AvgIpc) is 2.35. The van der Waals surface area contributed by atoms with Crippen molar-refractivity contribution in [1.82, 2.24) is 5.32 Å². The lowest BCUT2D eigenvalue weighted by Gasteiger charge is -2.19. The molecule has 0 saturated heterocycles. The summed E-state index contributed by atoms with van der Waals surface area (Å²) in [4.78, 5) is 22.9. The number of ether oxygens (including phenoxy) is 1. The molecular formula is C13H17BrN2O4. The van der Waals surface area contributed by atoms with Crippen molar-refractivity contribution >= 4 is 33.6 Å². The monoisotopic (exact) mass is 344 g/mol. The number of anilines is 1. The Kier molecular flexibility index (Phi) is 5.82. The SMILES string of the molecule is COc1ccc(Br)cc1NC(=O)NC(C(=O)O)C(C)C. The fourth-order valence-electron chi connectivity index (χ4n) is 1.59. The number of urea groups is 1. The zero-order valence-electron chi connectivity index (χ0n) is 11.4. The quantitative estimate of drug-likeness (QED) is 0.766. The lowest BCUT2D eigenvalue weighted by atomic mass is 10.1. The summed E-state index contributed by atoms with van der Waals surface area (Å²) in [6, 6.07) is 3.59. The van der Waals surface area contributed by atoms with Crippen molar-refractivity contribution in [1.29, 1.82) is 0 Å². The van der Waals surface area contributed by atoms with Gasteiger partial charge in [-0.2, -0.15) is 0 Å². The minimum absolute atomic E-state index is 0.220. The lowest BCUT2D eigenvalue weighted by Crippen LogP contribution is -2.46. The summed E-state index contributed by atoms with van der Waals surface area (Å²) in [7, 11) is 1.49. The standard InChI is InChI=1S/C13H17BrN2O4/c1-7(2)11(12(17)18)16-13(19)15-9-6-8(14)4-5-10(9)20-3/h4-7,11H,1-3H3,(H,17,18)(H2,15,16,19). The molecule has 1 aromatic rings. The molecule has 1 unspecified atom stereocenters. The highest BCUT2D eigenvalue weighted by molar-refractivity contribution is 9.10. The van der Waals surface area contributed by atoms with Gasteiger partial charge in [0.05, 0.1) is 12.8 Å². The van der Waals surface area contributed by atoms with Crippen LogP contribution in [0.25, 0.3) is 0 Å². The fraction of sp³-hybridized carbons (Fsp3) is 0.385. The lowest BCUT2D eigenvalue weighted by molar-refractivity contribution is -0.140. The molecule has 0 heterocycles. The first-order valence-corrected chi connectivity index (χ1v) is 6.78. The molecule has 6 nitrogen and oxygen atoms in total. The number of aliphatic carboxylic acids is 1. The van der Waals surface area contributed by atoms with Gasteiger partial charge in [-0.1, -0.05) is 29.8 Å². The minimum atomic E-state index is -1.07. The zero-order chi connectivity index (χ0) is 15.3. The van der Waals surface area contributed by atoms with Crippen LogP contribution in [0.3, 0.4) is 0 Å². The number of rotatable bonds is 5. The first-order chi connectivity index (χ1) is 9.35. The van der Waals surface area contributed by atoms with E-state index in [4.69, 9.17) is 9.84 Å². The molecule has 0 bridgehead atoms. The van der Waals surface area contributed by atoms with Gasteiger partial charge in [0.25, 0.3) is 0 Å². The van der Waals surface area contributed by atoms with Crippen LogP contribution >= 0.6 is 15.9 Å². The van der Waals surface area contributed by atoms with Crippen molar-refractivity contribution in [2.75, 3.05) is 12.4 Å². The molecule has 20 heavy (non-hydrogen) atoms. The number of hydrogen-bond acceptors (Lipinski definition) is 3. The van der Waals surface area contributed by atoms with E-state index in [1.807, 2.05) is 0 Å². The molecule has 0 aromatic heterocycles. The normalized spacial score (nSPS) is 11.8. The molecule has 110 valence electrons. The van der Waals surface area contributed by atoms with E-state index in [-0.39, 0.29) is 5.92 Å². The summed E-state index contributed by atoms with van der Waals surface area (Å²) in [5, 5.41) is 14.0. The van der Waals surface area contributed by atoms with Gasteiger partial charge in [0.1, 0.15) is 11.8 Å². The Morgan fingerprint density at radius 1 is 1.35 bits per heavy atom. The number of halogens is 1. The Morgan fingerprint density at radius 3 is 2.50 bits per heavy atom. The molecule has 0 radical (unpaired) electrons. The van der Waals surface area contributed by atoms with Crippen LogP contribution in [0.2, 0.25) is 0 Å². The highest BCUT2D eigenvalue weighted by Gasteiger charge is 2.23. The highest BCUT2D eigenvalue weighted by atomic mass is 79.9. The Labute approximate surface area is 125 Å². The molecule has 0 fully saturated rings. The maximum Gasteiger partial charge on any atom is 0.326 e. The van der Waals surface area contributed by atoms with Gasteiger partial charge in [0.2, 0.25) is 0 Å². The second kappa shape index (κ2) is 7.14. The molecule has 0 spiro atoms. The van der Waals surface area contributed by atoms with Gasteiger partial charge in [-0.05, 0) is 24.1 Å². The first-order valence-electron chi connectivity index (χ1n) is 5.99. The second-order valence-electron chi connectivity index (χ2n) is 4.50. The Morgan fingerprint density at radius 2 is 2.00 bits per heavy atom. The molecular weight excluding hydrogens is 328 g/mol. The van der Waals surface area contributed by atoms with E-state index in [2.05, 4.69) is 26.6 Å². The van der Waals surface area contributed by atoms with Crippen LogP contribution in [0.1, 0.15) is 13.8 Å². The third-order valence-corrected chi connectivity index (χ3v) is 3.12. The Bertz CT molecular complexity index is 505. The van der Waals surface area contributed by atoms with E-state index in [0.717, 1.165) is 4.47 Å². The third kappa shape index (κ3) is 4.41. The van der Waals surface area contributed by atoms with Crippen molar-refractivity contribution in [3.63, 3.8) is 0 Å². The van der Waals surface area contributed by atoms with Crippen LogP contribution in [0.15, 0.2) is 22.7 Å². The Balaban J connectivity index is 2.80. The van der Waals surface area contributed by atoms with Gasteiger partial charge in [-0.15, -0.1) is 0 Å². The molecule has 2 amide bonds. The molecule has 3 N–H and O–H groups in total. The van der Waals surface area contributed by atoms with Crippen molar-refractivity contribution in [3.8, 4) is 5.75 Å². The summed E-state index contributed by atoms with van der Waals surface area (Å²) >= 11 is 3.29. The zero-order valence-corrected chi connectivity index (χ0v) is 13.0. The van der Waals surface area contributed by atoms with Crippen LogP contribution in [0.5, 0.6) is 5.75 Å². The number of methoxy groups -OCH3 is 1. The van der Waals surface area contributed by atoms with E-state index >= 15 is 0 Å². The number of carboxylic acid groups (broad SMARTS) is 1. The van der Waals surface area contributed by atoms with E-state index in [1.165, 1.54) is 7.11 Å². The molecule has 1 atom stereocenters. The van der Waals surface area contributed by atoms with E-state index in [1.54, 1.807) is 32.0 Å². The van der Waals surface area contributed by atoms with Gasteiger partial charge in [0.15, 0.2) is 0 Å². The van der Waals surface area contributed by atoms with E-state index in [9.17, 15) is 9.59 Å². The van der Waals surface area contributed by atoms with Gasteiger partial charge in [-0.25, -0.2) is 9.59 Å². The smallest absolute Gasteiger partial charge is 0.326 e. The maximum absolute atomic E-state index is 11.9. The number of benzene rings is 1. The predicted octanol–water partition coefficient (Wildman–Crippen LogP) is 2.69. The predicted molar refractivity (Wildman–Crippen MR) is 79.1 cm³/mol. The van der Waals surface area contributed by atoms with E-state index < -0.39 is 18.0 Å². The number of carbonyl (C=O) groups excluding carboxylic acids is 1. The summed E-state index contributed by atoms with van der Waals surface area (Å²) in [5.74, 6) is -0.807. The van der Waals surface area contributed by atoms with Crippen molar-refractivity contribution in [2.45, 2.75) is 19.9 Å². The summed E-state index contributed by atoms with van der Waals surface area (Å²) < 4.78 is 5.89. The van der Waals surface area contributed by atoms with Gasteiger partial charge in [-0.3, -0.25) is 0 Å². The average molecular weight is 345 g/mol. The molecule has 1 aromatic carbocycles. The minimum Gasteiger partial charge on any atom is -0.495 e. The van der Waals surface area contributed by atoms with Gasteiger partial charge in [0, 0.05) is 4.47 Å². The maximum atomic E-state index is 11.9. The highest BCUT2D eigenvalue weighted by Crippen LogP contribution is 2.27. The van der Waals surface area contributed by atoms with Crippen molar-refractivity contribution in [3.05, 3.63) is 22.7 Å². The number of hydrogen-bond donors (Lipinski definition) is 3. The van der Waals surface area contributed by atoms with Gasteiger partial charge < -0.3 is 20.5 Å². The molecule has 7 heteroatoms. The fourth-order valence-corrected chi connectivity index (χ4v) is 1.95. The topological polar surface area (TPSA) is 87.7 Å². The largest absolute Gasteiger partial charge is 0.495 e. The third-order valence-electron chi connectivity index (χ3n) is 2.63.